The normalized spacial score (nSPS) is 12.7. The van der Waals surface area contributed by atoms with Crippen LogP contribution >= 0.6 is 11.5 Å². The lowest BCUT2D eigenvalue weighted by molar-refractivity contribution is 0.254. The van der Waals surface area contributed by atoms with Crippen LogP contribution in [0.15, 0.2) is 59.4 Å². The average molecular weight is 271 g/mol. The maximum Gasteiger partial charge on any atom is 0.269 e. The lowest BCUT2D eigenvalue weighted by Crippen LogP contribution is -2.22. The van der Waals surface area contributed by atoms with Crippen molar-refractivity contribution in [1.82, 2.24) is 3.96 Å². The number of fused-ring (bicyclic) bond motifs is 1. The van der Waals surface area contributed by atoms with E-state index in [1.165, 1.54) is 11.5 Å². The van der Waals surface area contributed by atoms with Gasteiger partial charge in [0.1, 0.15) is 0 Å². The van der Waals surface area contributed by atoms with Crippen molar-refractivity contribution in [3.63, 3.8) is 0 Å². The number of nitrogens with zero attached hydrogens (tertiary/aromatic N) is 1. The number of aliphatic hydroxyl groups is 1. The van der Waals surface area contributed by atoms with Gasteiger partial charge in [-0.05, 0) is 17.7 Å². The molecule has 0 amide bonds. The SMILES string of the molecule is O=c1c2ccccc2sn1C(CO)c1ccccc1. The second-order valence-corrected chi connectivity index (χ2v) is 5.34. The minimum absolute atomic E-state index is 0.0384. The van der Waals surface area contributed by atoms with Crippen LogP contribution in [0.5, 0.6) is 0 Å². The molecule has 4 heteroatoms. The maximum atomic E-state index is 12.4. The second kappa shape index (κ2) is 4.99. The molecule has 0 aliphatic carbocycles. The third kappa shape index (κ3) is 2.09. The van der Waals surface area contributed by atoms with Crippen molar-refractivity contribution < 1.29 is 5.11 Å². The molecule has 0 saturated carbocycles. The largest absolute Gasteiger partial charge is 0.394 e. The van der Waals surface area contributed by atoms with E-state index in [2.05, 4.69) is 0 Å². The predicted molar refractivity (Wildman–Crippen MR) is 77.8 cm³/mol. The maximum absolute atomic E-state index is 12.4. The van der Waals surface area contributed by atoms with Gasteiger partial charge in [0.05, 0.1) is 22.7 Å². The van der Waals surface area contributed by atoms with Gasteiger partial charge in [-0.3, -0.25) is 8.75 Å². The van der Waals surface area contributed by atoms with E-state index in [0.717, 1.165) is 10.3 Å². The van der Waals surface area contributed by atoms with Crippen molar-refractivity contribution >= 4 is 21.6 Å². The zero-order chi connectivity index (χ0) is 13.2. The van der Waals surface area contributed by atoms with Crippen LogP contribution in [-0.2, 0) is 0 Å². The van der Waals surface area contributed by atoms with Crippen molar-refractivity contribution in [1.29, 1.82) is 0 Å². The second-order valence-electron chi connectivity index (χ2n) is 4.33. The Bertz CT molecular complexity index is 745. The molecule has 1 N–H and O–H groups in total. The van der Waals surface area contributed by atoms with Crippen LogP contribution in [0.2, 0.25) is 0 Å². The Balaban J connectivity index is 2.17. The summed E-state index contributed by atoms with van der Waals surface area (Å²) in [6.07, 6.45) is 0. The fourth-order valence-corrected chi connectivity index (χ4v) is 3.29. The van der Waals surface area contributed by atoms with Gasteiger partial charge < -0.3 is 5.11 Å². The summed E-state index contributed by atoms with van der Waals surface area (Å²) in [5.74, 6) is 0. The van der Waals surface area contributed by atoms with Gasteiger partial charge in [-0.15, -0.1) is 0 Å². The van der Waals surface area contributed by atoms with E-state index in [1.54, 1.807) is 3.96 Å². The van der Waals surface area contributed by atoms with E-state index >= 15 is 0 Å². The summed E-state index contributed by atoms with van der Waals surface area (Å²) >= 11 is 1.40. The van der Waals surface area contributed by atoms with Crippen LogP contribution in [0.1, 0.15) is 11.6 Å². The third-order valence-corrected chi connectivity index (χ3v) is 4.32. The van der Waals surface area contributed by atoms with Crippen molar-refractivity contribution in [3.8, 4) is 0 Å². The van der Waals surface area contributed by atoms with Crippen molar-refractivity contribution in [2.75, 3.05) is 6.61 Å². The van der Waals surface area contributed by atoms with Crippen LogP contribution in [0.25, 0.3) is 10.1 Å². The van der Waals surface area contributed by atoms with Gasteiger partial charge in [-0.1, -0.05) is 54.0 Å². The van der Waals surface area contributed by atoms with E-state index < -0.39 is 0 Å². The van der Waals surface area contributed by atoms with Crippen molar-refractivity contribution in [2.45, 2.75) is 6.04 Å². The highest BCUT2D eigenvalue weighted by atomic mass is 32.1. The van der Waals surface area contributed by atoms with Gasteiger partial charge >= 0.3 is 0 Å². The van der Waals surface area contributed by atoms with Crippen molar-refractivity contribution in [2.24, 2.45) is 0 Å². The van der Waals surface area contributed by atoms with Crippen LogP contribution < -0.4 is 5.56 Å². The molecule has 0 aliphatic heterocycles. The smallest absolute Gasteiger partial charge is 0.269 e. The summed E-state index contributed by atoms with van der Waals surface area (Å²) in [6, 6.07) is 16.8. The molecule has 19 heavy (non-hydrogen) atoms. The lowest BCUT2D eigenvalue weighted by atomic mass is 10.1. The lowest BCUT2D eigenvalue weighted by Gasteiger charge is -2.14. The zero-order valence-corrected chi connectivity index (χ0v) is 11.0. The first-order valence-electron chi connectivity index (χ1n) is 6.07. The van der Waals surface area contributed by atoms with Crippen LogP contribution in [0.4, 0.5) is 0 Å². The molecular formula is C15H13NO2S. The number of hydrogen-bond donors (Lipinski definition) is 1. The molecule has 0 bridgehead atoms. The molecule has 0 saturated heterocycles. The summed E-state index contributed by atoms with van der Waals surface area (Å²) < 4.78 is 2.60. The highest BCUT2D eigenvalue weighted by molar-refractivity contribution is 7.13. The standard InChI is InChI=1S/C15H13NO2S/c17-10-13(11-6-2-1-3-7-11)16-15(18)12-8-4-5-9-14(12)19-16/h1-9,13,17H,10H2. The topological polar surface area (TPSA) is 42.2 Å². The monoisotopic (exact) mass is 271 g/mol. The fraction of sp³-hybridized carbons (Fsp3) is 0.133. The summed E-state index contributed by atoms with van der Waals surface area (Å²) in [5, 5.41) is 10.3. The molecule has 1 aromatic heterocycles. The zero-order valence-electron chi connectivity index (χ0n) is 10.2. The summed E-state index contributed by atoms with van der Waals surface area (Å²) in [5.41, 5.74) is 0.905. The highest BCUT2D eigenvalue weighted by Gasteiger charge is 2.17. The van der Waals surface area contributed by atoms with E-state index in [9.17, 15) is 9.90 Å². The van der Waals surface area contributed by atoms with Gasteiger partial charge in [0.25, 0.3) is 5.56 Å². The molecular weight excluding hydrogens is 258 g/mol. The minimum atomic E-state index is -0.314. The number of hydrogen-bond acceptors (Lipinski definition) is 3. The molecule has 1 unspecified atom stereocenters. The average Bonchev–Trinajstić information content (AvgIpc) is 2.79. The third-order valence-electron chi connectivity index (χ3n) is 3.15. The summed E-state index contributed by atoms with van der Waals surface area (Å²) in [7, 11) is 0. The Morgan fingerprint density at radius 3 is 2.42 bits per heavy atom. The highest BCUT2D eigenvalue weighted by Crippen LogP contribution is 2.23. The fourth-order valence-electron chi connectivity index (χ4n) is 2.18. The van der Waals surface area contributed by atoms with Crippen LogP contribution in [0.3, 0.4) is 0 Å². The van der Waals surface area contributed by atoms with Crippen LogP contribution in [-0.4, -0.2) is 15.7 Å². The molecule has 1 atom stereocenters. The Labute approximate surface area is 114 Å². The molecule has 3 rings (SSSR count). The molecule has 3 nitrogen and oxygen atoms in total. The first-order valence-corrected chi connectivity index (χ1v) is 6.85. The Morgan fingerprint density at radius 2 is 1.74 bits per heavy atom. The molecule has 96 valence electrons. The predicted octanol–water partition coefficient (Wildman–Crippen LogP) is 2.64. The van der Waals surface area contributed by atoms with Gasteiger partial charge in [0.15, 0.2) is 0 Å². The van der Waals surface area contributed by atoms with Gasteiger partial charge in [0.2, 0.25) is 0 Å². The Morgan fingerprint density at radius 1 is 1.05 bits per heavy atom. The molecule has 0 fully saturated rings. The van der Waals surface area contributed by atoms with E-state index in [4.69, 9.17) is 0 Å². The number of rotatable bonds is 3. The molecule has 1 heterocycles. The van der Waals surface area contributed by atoms with E-state index in [0.29, 0.717) is 5.39 Å². The number of aliphatic hydroxyl groups excluding tert-OH is 1. The molecule has 0 radical (unpaired) electrons. The van der Waals surface area contributed by atoms with Gasteiger partial charge in [-0.25, -0.2) is 0 Å². The molecule has 0 spiro atoms. The first kappa shape index (κ1) is 12.1. The van der Waals surface area contributed by atoms with E-state index in [1.807, 2.05) is 54.6 Å². The first-order chi connectivity index (χ1) is 9.31. The van der Waals surface area contributed by atoms with Gasteiger partial charge in [0, 0.05) is 0 Å². The van der Waals surface area contributed by atoms with Crippen molar-refractivity contribution in [3.05, 3.63) is 70.5 Å². The Kier molecular flexibility index (Phi) is 3.19. The Hall–Kier alpha value is -1.91. The molecule has 0 aliphatic rings. The number of benzene rings is 2. The van der Waals surface area contributed by atoms with Crippen LogP contribution in [0, 0.1) is 0 Å². The quantitative estimate of drug-likeness (QED) is 0.795. The summed E-state index contributed by atoms with van der Waals surface area (Å²) in [4.78, 5) is 12.4. The summed E-state index contributed by atoms with van der Waals surface area (Å²) in [6.45, 7) is -0.0866. The minimum Gasteiger partial charge on any atom is -0.394 e. The van der Waals surface area contributed by atoms with Gasteiger partial charge in [-0.2, -0.15) is 0 Å². The number of aromatic nitrogens is 1. The van der Waals surface area contributed by atoms with E-state index in [-0.39, 0.29) is 18.2 Å². The molecule has 2 aromatic carbocycles. The molecule has 3 aromatic rings.